The van der Waals surface area contributed by atoms with Crippen LogP contribution in [0.2, 0.25) is 0 Å². The Morgan fingerprint density at radius 3 is 2.63 bits per heavy atom. The molecule has 2 amide bonds. The van der Waals surface area contributed by atoms with Gasteiger partial charge in [0.05, 0.1) is 23.6 Å². The first-order chi connectivity index (χ1) is 18.4. The largest absolute Gasteiger partial charge is 0.480 e. The first kappa shape index (κ1) is 24.6. The highest BCUT2D eigenvalue weighted by Crippen LogP contribution is 2.54. The van der Waals surface area contributed by atoms with Crippen LogP contribution in [-0.2, 0) is 22.6 Å². The molecule has 38 heavy (non-hydrogen) atoms. The summed E-state index contributed by atoms with van der Waals surface area (Å²) in [7, 11) is 0. The molecule has 2 aliphatic carbocycles. The number of carbonyl (C=O) groups excluding carboxylic acids is 2. The zero-order valence-electron chi connectivity index (χ0n) is 21.5. The number of aromatic nitrogens is 5. The summed E-state index contributed by atoms with van der Waals surface area (Å²) in [5.41, 5.74) is 0.873. The SMILES string of the molecule is CCn1nccc1C(=O)NC(c1cn2nc(CC3(C(=O)O)CCCNC3=O)ccc2n1)C(C1CC1)C1CC1. The van der Waals surface area contributed by atoms with Crippen molar-refractivity contribution >= 4 is 23.4 Å². The summed E-state index contributed by atoms with van der Waals surface area (Å²) in [5.74, 6) is -0.320. The van der Waals surface area contributed by atoms with Crippen LogP contribution in [-0.4, -0.2) is 53.8 Å². The first-order valence-electron chi connectivity index (χ1n) is 13.6. The molecule has 3 aliphatic rings. The van der Waals surface area contributed by atoms with E-state index in [0.29, 0.717) is 54.3 Å². The predicted molar refractivity (Wildman–Crippen MR) is 136 cm³/mol. The van der Waals surface area contributed by atoms with Crippen molar-refractivity contribution in [3.63, 3.8) is 0 Å². The second kappa shape index (κ2) is 9.52. The Balaban J connectivity index is 1.32. The normalized spacial score (nSPS) is 22.4. The number of rotatable bonds is 10. The maximum absolute atomic E-state index is 13.4. The molecule has 2 atom stereocenters. The maximum Gasteiger partial charge on any atom is 0.319 e. The molecule has 11 heteroatoms. The molecule has 0 radical (unpaired) electrons. The van der Waals surface area contributed by atoms with Crippen molar-refractivity contribution in [1.29, 1.82) is 0 Å². The molecule has 200 valence electrons. The van der Waals surface area contributed by atoms with Gasteiger partial charge in [0.1, 0.15) is 5.69 Å². The van der Waals surface area contributed by atoms with Crippen molar-refractivity contribution < 1.29 is 19.5 Å². The van der Waals surface area contributed by atoms with Crippen LogP contribution < -0.4 is 10.6 Å². The fraction of sp³-hybridized carbons (Fsp3) is 0.556. The highest BCUT2D eigenvalue weighted by atomic mass is 16.4. The van der Waals surface area contributed by atoms with Gasteiger partial charge in [0.15, 0.2) is 11.1 Å². The number of nitrogens with one attached hydrogen (secondary N) is 2. The molecule has 11 nitrogen and oxygen atoms in total. The van der Waals surface area contributed by atoms with Crippen molar-refractivity contribution in [3.8, 4) is 0 Å². The number of hydrogen-bond acceptors (Lipinski definition) is 6. The van der Waals surface area contributed by atoms with E-state index in [2.05, 4.69) is 20.8 Å². The van der Waals surface area contributed by atoms with Crippen molar-refractivity contribution in [2.24, 2.45) is 23.2 Å². The third-order valence-electron chi connectivity index (χ3n) is 8.36. The summed E-state index contributed by atoms with van der Waals surface area (Å²) >= 11 is 0. The second-order valence-corrected chi connectivity index (χ2v) is 11.0. The van der Waals surface area contributed by atoms with Gasteiger partial charge in [-0.15, -0.1) is 0 Å². The number of carbonyl (C=O) groups is 3. The number of aryl methyl sites for hydroxylation is 1. The summed E-state index contributed by atoms with van der Waals surface area (Å²) in [6.07, 6.45) is 9.02. The fourth-order valence-electron chi connectivity index (χ4n) is 6.07. The topological polar surface area (TPSA) is 144 Å². The summed E-state index contributed by atoms with van der Waals surface area (Å²) < 4.78 is 3.33. The van der Waals surface area contributed by atoms with Gasteiger partial charge in [-0.2, -0.15) is 10.2 Å². The Kier molecular flexibility index (Phi) is 6.16. The lowest BCUT2D eigenvalue weighted by Crippen LogP contribution is -2.52. The minimum absolute atomic E-state index is 0.00552. The van der Waals surface area contributed by atoms with E-state index in [1.165, 1.54) is 0 Å². The van der Waals surface area contributed by atoms with Gasteiger partial charge in [0, 0.05) is 25.7 Å². The Bertz CT molecular complexity index is 1380. The van der Waals surface area contributed by atoms with Crippen molar-refractivity contribution in [2.45, 2.75) is 64.5 Å². The Labute approximate surface area is 220 Å². The lowest BCUT2D eigenvalue weighted by atomic mass is 9.76. The summed E-state index contributed by atoms with van der Waals surface area (Å²) in [6.45, 7) is 3.04. The van der Waals surface area contributed by atoms with Gasteiger partial charge in [0.2, 0.25) is 5.91 Å². The molecule has 3 fully saturated rings. The van der Waals surface area contributed by atoms with E-state index in [-0.39, 0.29) is 24.8 Å². The fourth-order valence-corrected chi connectivity index (χ4v) is 6.07. The van der Waals surface area contributed by atoms with E-state index >= 15 is 0 Å². The molecule has 1 saturated heterocycles. The average Bonchev–Trinajstić information content (AvgIpc) is 3.83. The smallest absolute Gasteiger partial charge is 0.319 e. The van der Waals surface area contributed by atoms with Crippen LogP contribution in [0.1, 0.15) is 73.4 Å². The van der Waals surface area contributed by atoms with E-state index in [1.807, 2.05) is 13.1 Å². The summed E-state index contributed by atoms with van der Waals surface area (Å²) in [5, 5.41) is 24.8. The van der Waals surface area contributed by atoms with Gasteiger partial charge in [-0.1, -0.05) is 0 Å². The van der Waals surface area contributed by atoms with Crippen LogP contribution in [0.25, 0.3) is 5.65 Å². The first-order valence-corrected chi connectivity index (χ1v) is 13.6. The van der Waals surface area contributed by atoms with Crippen molar-refractivity contribution in [3.05, 3.63) is 47.7 Å². The van der Waals surface area contributed by atoms with Crippen molar-refractivity contribution in [2.75, 3.05) is 6.54 Å². The zero-order valence-corrected chi connectivity index (χ0v) is 21.5. The van der Waals surface area contributed by atoms with Gasteiger partial charge in [-0.05, 0) is 81.4 Å². The molecule has 0 bridgehead atoms. The van der Waals surface area contributed by atoms with Gasteiger partial charge < -0.3 is 15.7 Å². The molecule has 2 saturated carbocycles. The molecule has 6 rings (SSSR count). The van der Waals surface area contributed by atoms with E-state index in [1.54, 1.807) is 33.6 Å². The molecule has 4 heterocycles. The van der Waals surface area contributed by atoms with Gasteiger partial charge >= 0.3 is 5.97 Å². The number of nitrogens with zero attached hydrogens (tertiary/aromatic N) is 5. The quantitative estimate of drug-likeness (QED) is 0.349. The lowest BCUT2D eigenvalue weighted by molar-refractivity contribution is -0.158. The van der Waals surface area contributed by atoms with Crippen LogP contribution in [0.5, 0.6) is 0 Å². The Morgan fingerprint density at radius 2 is 1.97 bits per heavy atom. The minimum Gasteiger partial charge on any atom is -0.480 e. The van der Waals surface area contributed by atoms with Gasteiger partial charge in [-0.25, -0.2) is 9.50 Å². The number of aliphatic carboxylic acids is 1. The standard InChI is InChI=1S/C27H33N7O4/c1-2-33-20(10-13-29-33)24(35)31-23(22(16-4-5-16)17-6-7-17)19-15-34-21(30-19)9-8-18(32-34)14-27(26(37)38)11-3-12-28-25(27)36/h8-10,13,15-17,22-23H,2-7,11-12,14H2,1H3,(H,28,36)(H,31,35)(H,37,38). The second-order valence-electron chi connectivity index (χ2n) is 11.0. The molecule has 0 spiro atoms. The van der Waals surface area contributed by atoms with Gasteiger partial charge in [0.25, 0.3) is 5.91 Å². The monoisotopic (exact) mass is 519 g/mol. The Morgan fingerprint density at radius 1 is 1.21 bits per heavy atom. The van der Waals surface area contributed by atoms with Crippen LogP contribution in [0, 0.1) is 23.2 Å². The molecule has 2 unspecified atom stereocenters. The summed E-state index contributed by atoms with van der Waals surface area (Å²) in [4.78, 5) is 43.0. The molecular formula is C27H33N7O4. The lowest BCUT2D eigenvalue weighted by Gasteiger charge is -2.31. The zero-order chi connectivity index (χ0) is 26.4. The van der Waals surface area contributed by atoms with Crippen LogP contribution in [0.15, 0.2) is 30.6 Å². The number of amides is 2. The molecule has 1 aliphatic heterocycles. The molecule has 3 aromatic heterocycles. The van der Waals surface area contributed by atoms with E-state index < -0.39 is 17.3 Å². The molecule has 0 aromatic carbocycles. The van der Waals surface area contributed by atoms with Crippen LogP contribution in [0.3, 0.4) is 0 Å². The van der Waals surface area contributed by atoms with Crippen LogP contribution in [0.4, 0.5) is 0 Å². The highest BCUT2D eigenvalue weighted by molar-refractivity contribution is 6.02. The number of hydrogen-bond donors (Lipinski definition) is 3. The molecule has 3 aromatic rings. The Hall–Kier alpha value is -3.76. The number of imidazole rings is 1. The number of carboxylic acid groups (broad SMARTS) is 1. The minimum atomic E-state index is -1.52. The van der Waals surface area contributed by atoms with E-state index in [4.69, 9.17) is 4.98 Å². The summed E-state index contributed by atoms with van der Waals surface area (Å²) in [6, 6.07) is 5.01. The van der Waals surface area contributed by atoms with Gasteiger partial charge in [-0.3, -0.25) is 19.1 Å². The highest BCUT2D eigenvalue weighted by Gasteiger charge is 2.49. The molecule has 3 N–H and O–H groups in total. The maximum atomic E-state index is 13.4. The van der Waals surface area contributed by atoms with E-state index in [9.17, 15) is 19.5 Å². The molecular weight excluding hydrogens is 486 g/mol. The van der Waals surface area contributed by atoms with E-state index in [0.717, 1.165) is 31.4 Å². The number of carboxylic acids is 1. The predicted octanol–water partition coefficient (Wildman–Crippen LogP) is 2.38. The number of fused-ring (bicyclic) bond motifs is 1. The van der Waals surface area contributed by atoms with Crippen molar-refractivity contribution in [1.82, 2.24) is 35.0 Å². The average molecular weight is 520 g/mol. The number of piperidine rings is 1. The van der Waals surface area contributed by atoms with Crippen LogP contribution >= 0.6 is 0 Å². The third kappa shape index (κ3) is 4.43. The third-order valence-corrected chi connectivity index (χ3v) is 8.36.